The van der Waals surface area contributed by atoms with Crippen molar-refractivity contribution in [2.45, 2.75) is 10.4 Å². The van der Waals surface area contributed by atoms with Crippen LogP contribution in [0.4, 0.5) is 4.79 Å². The predicted molar refractivity (Wildman–Crippen MR) is 86.8 cm³/mol. The van der Waals surface area contributed by atoms with Gasteiger partial charge in [0.05, 0.1) is 16.6 Å². The fourth-order valence-electron chi connectivity index (χ4n) is 2.07. The third kappa shape index (κ3) is 4.22. The predicted octanol–water partition coefficient (Wildman–Crippen LogP) is 0.198. The molecular formula is C10H14BrN3O6S3. The lowest BCUT2D eigenvalue weighted by Gasteiger charge is -2.37. The van der Waals surface area contributed by atoms with Crippen LogP contribution in [-0.4, -0.2) is 63.7 Å². The highest BCUT2D eigenvalue weighted by Crippen LogP contribution is 2.30. The van der Waals surface area contributed by atoms with Crippen molar-refractivity contribution < 1.29 is 26.4 Å². The molecule has 13 heteroatoms. The first-order chi connectivity index (χ1) is 10.5. The van der Waals surface area contributed by atoms with E-state index in [1.54, 1.807) is 6.07 Å². The number of ether oxygens (including phenoxy) is 1. The molecule has 0 aromatic carbocycles. The van der Waals surface area contributed by atoms with E-state index in [4.69, 9.17) is 10.5 Å². The van der Waals surface area contributed by atoms with Crippen molar-refractivity contribution >= 4 is 53.4 Å². The Bertz CT molecular complexity index is 806. The van der Waals surface area contributed by atoms with Gasteiger partial charge in [-0.05, 0) is 28.1 Å². The standard InChI is InChI=1S/C10H14BrN3O6S3/c1-22(16,17)13-4-5-14(8(6-13)20-10(12)15)23(18,19)9-3-2-7(11)21-9/h2-3,8H,4-6H2,1H3,(H2,12,15)/t8-/m1/s1. The van der Waals surface area contributed by atoms with Crippen LogP contribution in [0.5, 0.6) is 0 Å². The molecule has 1 aromatic heterocycles. The first-order valence-corrected chi connectivity index (χ1v) is 11.1. The van der Waals surface area contributed by atoms with Gasteiger partial charge >= 0.3 is 6.09 Å². The summed E-state index contributed by atoms with van der Waals surface area (Å²) in [6, 6.07) is 2.99. The number of nitrogens with two attached hydrogens (primary N) is 1. The highest BCUT2D eigenvalue weighted by Gasteiger charge is 2.41. The number of piperazine rings is 1. The first kappa shape index (κ1) is 18.6. The van der Waals surface area contributed by atoms with Crippen LogP contribution in [-0.2, 0) is 24.8 Å². The zero-order valence-corrected chi connectivity index (χ0v) is 15.9. The number of thiophene rings is 1. The van der Waals surface area contributed by atoms with Gasteiger partial charge in [-0.1, -0.05) is 0 Å². The van der Waals surface area contributed by atoms with E-state index in [-0.39, 0.29) is 23.8 Å². The fraction of sp³-hybridized carbons (Fsp3) is 0.500. The molecule has 0 radical (unpaired) electrons. The molecule has 1 atom stereocenters. The molecule has 9 nitrogen and oxygen atoms in total. The number of nitrogens with zero attached hydrogens (tertiary/aromatic N) is 2. The van der Waals surface area contributed by atoms with E-state index in [1.807, 2.05) is 0 Å². The van der Waals surface area contributed by atoms with Crippen molar-refractivity contribution in [2.24, 2.45) is 5.73 Å². The van der Waals surface area contributed by atoms with Crippen LogP contribution in [0, 0.1) is 0 Å². The van der Waals surface area contributed by atoms with E-state index in [1.165, 1.54) is 6.07 Å². The molecule has 1 amide bonds. The smallest absolute Gasteiger partial charge is 0.406 e. The van der Waals surface area contributed by atoms with Crippen molar-refractivity contribution in [3.05, 3.63) is 15.9 Å². The molecule has 1 aliphatic heterocycles. The summed E-state index contributed by atoms with van der Waals surface area (Å²) in [6.45, 7) is -0.500. The molecule has 2 rings (SSSR count). The third-order valence-electron chi connectivity index (χ3n) is 3.08. The Hall–Kier alpha value is -0.730. The van der Waals surface area contributed by atoms with E-state index in [0.717, 1.165) is 26.2 Å². The molecule has 1 aromatic rings. The molecule has 2 heterocycles. The van der Waals surface area contributed by atoms with Gasteiger partial charge in [-0.15, -0.1) is 11.3 Å². The highest BCUT2D eigenvalue weighted by molar-refractivity contribution is 9.11. The molecule has 0 spiro atoms. The third-order valence-corrected chi connectivity index (χ3v) is 8.33. The van der Waals surface area contributed by atoms with Gasteiger partial charge in [0.2, 0.25) is 10.0 Å². The summed E-state index contributed by atoms with van der Waals surface area (Å²) in [5.41, 5.74) is 4.97. The van der Waals surface area contributed by atoms with Crippen LogP contribution in [0.15, 0.2) is 20.1 Å². The monoisotopic (exact) mass is 447 g/mol. The Morgan fingerprint density at radius 3 is 2.48 bits per heavy atom. The largest absolute Gasteiger partial charge is 0.428 e. The Morgan fingerprint density at radius 2 is 2.00 bits per heavy atom. The second-order valence-corrected chi connectivity index (χ2v) is 11.2. The number of hydrogen-bond donors (Lipinski definition) is 1. The quantitative estimate of drug-likeness (QED) is 0.701. The van der Waals surface area contributed by atoms with E-state index in [2.05, 4.69) is 15.9 Å². The Morgan fingerprint density at radius 1 is 1.35 bits per heavy atom. The van der Waals surface area contributed by atoms with Gasteiger partial charge in [-0.3, -0.25) is 0 Å². The van der Waals surface area contributed by atoms with Crippen molar-refractivity contribution in [2.75, 3.05) is 25.9 Å². The van der Waals surface area contributed by atoms with E-state index in [9.17, 15) is 21.6 Å². The summed E-state index contributed by atoms with van der Waals surface area (Å²) in [5, 5.41) is 0. The van der Waals surface area contributed by atoms with Crippen LogP contribution < -0.4 is 5.73 Å². The molecule has 1 fully saturated rings. The number of halogens is 1. The van der Waals surface area contributed by atoms with Crippen LogP contribution >= 0.6 is 27.3 Å². The summed E-state index contributed by atoms with van der Waals surface area (Å²) < 4.78 is 56.1. The summed E-state index contributed by atoms with van der Waals surface area (Å²) >= 11 is 4.18. The summed E-state index contributed by atoms with van der Waals surface area (Å²) in [7, 11) is -7.49. The minimum Gasteiger partial charge on any atom is -0.428 e. The van der Waals surface area contributed by atoms with Crippen molar-refractivity contribution in [1.82, 2.24) is 8.61 Å². The molecule has 0 bridgehead atoms. The summed E-state index contributed by atoms with van der Waals surface area (Å²) in [6.07, 6.45) is -1.51. The number of rotatable bonds is 4. The molecular weight excluding hydrogens is 434 g/mol. The average Bonchev–Trinajstić information content (AvgIpc) is 2.84. The number of carbonyl (C=O) groups excluding carboxylic acids is 1. The lowest BCUT2D eigenvalue weighted by Crippen LogP contribution is -2.57. The number of hydrogen-bond acceptors (Lipinski definition) is 7. The second-order valence-electron chi connectivity index (χ2n) is 4.69. The van der Waals surface area contributed by atoms with Crippen LogP contribution in [0.25, 0.3) is 0 Å². The SMILES string of the molecule is CS(=O)(=O)N1CCN(S(=O)(=O)c2ccc(Br)s2)[C@H](OC(N)=O)C1. The minimum absolute atomic E-state index is 0.0385. The van der Waals surface area contributed by atoms with Gasteiger partial charge in [-0.25, -0.2) is 21.6 Å². The van der Waals surface area contributed by atoms with Gasteiger partial charge in [0, 0.05) is 13.1 Å². The maximum atomic E-state index is 12.7. The molecule has 130 valence electrons. The molecule has 1 saturated heterocycles. The van der Waals surface area contributed by atoms with Gasteiger partial charge in [0.15, 0.2) is 6.23 Å². The maximum absolute atomic E-state index is 12.7. The number of primary amides is 1. The number of sulfonamides is 2. The minimum atomic E-state index is -3.94. The van der Waals surface area contributed by atoms with Crippen LogP contribution in [0.3, 0.4) is 0 Å². The fourth-order valence-corrected chi connectivity index (χ4v) is 6.51. The van der Waals surface area contributed by atoms with E-state index < -0.39 is 32.4 Å². The highest BCUT2D eigenvalue weighted by atomic mass is 79.9. The van der Waals surface area contributed by atoms with Gasteiger partial charge < -0.3 is 10.5 Å². The van der Waals surface area contributed by atoms with Gasteiger partial charge in [-0.2, -0.15) is 8.61 Å². The van der Waals surface area contributed by atoms with Crippen molar-refractivity contribution in [3.8, 4) is 0 Å². The van der Waals surface area contributed by atoms with E-state index in [0.29, 0.717) is 3.79 Å². The lowest BCUT2D eigenvalue weighted by molar-refractivity contribution is 0.00314. The molecule has 0 aliphatic carbocycles. The molecule has 0 saturated carbocycles. The molecule has 23 heavy (non-hydrogen) atoms. The zero-order chi connectivity index (χ0) is 17.4. The molecule has 2 N–H and O–H groups in total. The number of amides is 1. The summed E-state index contributed by atoms with van der Waals surface area (Å²) in [4.78, 5) is 11.0. The van der Waals surface area contributed by atoms with E-state index >= 15 is 0 Å². The Labute approximate surface area is 146 Å². The normalized spacial score (nSPS) is 21.2. The Balaban J connectivity index is 2.34. The average molecular weight is 448 g/mol. The maximum Gasteiger partial charge on any atom is 0.406 e. The second kappa shape index (κ2) is 6.64. The summed E-state index contributed by atoms with van der Waals surface area (Å²) in [5.74, 6) is 0. The first-order valence-electron chi connectivity index (χ1n) is 6.20. The van der Waals surface area contributed by atoms with Crippen LogP contribution in [0.1, 0.15) is 0 Å². The molecule has 1 aliphatic rings. The lowest BCUT2D eigenvalue weighted by atomic mass is 10.4. The Kier molecular flexibility index (Phi) is 5.37. The topological polar surface area (TPSA) is 127 Å². The van der Waals surface area contributed by atoms with Gasteiger partial charge in [0.25, 0.3) is 10.0 Å². The zero-order valence-electron chi connectivity index (χ0n) is 11.9. The number of carbonyl (C=O) groups is 1. The molecule has 0 unspecified atom stereocenters. The van der Waals surface area contributed by atoms with Gasteiger partial charge in [0.1, 0.15) is 4.21 Å². The van der Waals surface area contributed by atoms with Crippen LogP contribution in [0.2, 0.25) is 0 Å². The van der Waals surface area contributed by atoms with Crippen molar-refractivity contribution in [3.63, 3.8) is 0 Å². The van der Waals surface area contributed by atoms with Crippen molar-refractivity contribution in [1.29, 1.82) is 0 Å².